The van der Waals surface area contributed by atoms with Gasteiger partial charge in [0, 0.05) is 43.4 Å². The number of carboxylic acid groups (broad SMARTS) is 1. The third-order valence-electron chi connectivity index (χ3n) is 7.76. The fourth-order valence-electron chi connectivity index (χ4n) is 5.97. The van der Waals surface area contributed by atoms with Crippen LogP contribution in [0.15, 0.2) is 6.07 Å². The van der Waals surface area contributed by atoms with Crippen LogP contribution in [0, 0.1) is 18.3 Å². The number of halogens is 3. The number of carboxylic acids is 1. The Bertz CT molecular complexity index is 1070. The number of aromatic nitrogens is 3. The van der Waals surface area contributed by atoms with Crippen LogP contribution in [0.1, 0.15) is 81.2 Å². The SMILES string of the molecule is COCC1(C(=O)O)CCCN(c2c(C(C)C)c(C)nc3cc([C@H]4CC[C@H](C(F)(F)F)CC4)nn23)C1. The fourth-order valence-corrected chi connectivity index (χ4v) is 5.97. The van der Waals surface area contributed by atoms with E-state index in [9.17, 15) is 23.1 Å². The number of methoxy groups -OCH3 is 1. The quantitative estimate of drug-likeness (QED) is 0.584. The van der Waals surface area contributed by atoms with Crippen LogP contribution in [-0.2, 0) is 9.53 Å². The second kappa shape index (κ2) is 9.59. The van der Waals surface area contributed by atoms with E-state index in [1.54, 1.807) is 4.52 Å². The molecule has 194 valence electrons. The van der Waals surface area contributed by atoms with Crippen molar-refractivity contribution >= 4 is 17.4 Å². The van der Waals surface area contributed by atoms with Gasteiger partial charge in [0.05, 0.1) is 18.2 Å². The minimum atomic E-state index is -4.14. The molecule has 10 heteroatoms. The topological polar surface area (TPSA) is 80.0 Å². The second-order valence-corrected chi connectivity index (χ2v) is 10.6. The molecule has 35 heavy (non-hydrogen) atoms. The highest BCUT2D eigenvalue weighted by molar-refractivity contribution is 5.76. The number of aliphatic carboxylic acids is 1. The maximum absolute atomic E-state index is 13.1. The van der Waals surface area contributed by atoms with Crippen molar-refractivity contribution in [3.63, 3.8) is 0 Å². The van der Waals surface area contributed by atoms with Gasteiger partial charge in [0.25, 0.3) is 0 Å². The van der Waals surface area contributed by atoms with Gasteiger partial charge in [-0.3, -0.25) is 4.79 Å². The van der Waals surface area contributed by atoms with E-state index in [4.69, 9.17) is 14.8 Å². The lowest BCUT2D eigenvalue weighted by atomic mass is 9.80. The Hall–Kier alpha value is -2.36. The molecule has 1 saturated heterocycles. The Balaban J connectivity index is 1.74. The number of nitrogens with zero attached hydrogens (tertiary/aromatic N) is 4. The maximum atomic E-state index is 13.1. The van der Waals surface area contributed by atoms with Crippen LogP contribution >= 0.6 is 0 Å². The summed E-state index contributed by atoms with van der Waals surface area (Å²) >= 11 is 0. The van der Waals surface area contributed by atoms with Crippen molar-refractivity contribution < 1.29 is 27.8 Å². The first kappa shape index (κ1) is 25.7. The maximum Gasteiger partial charge on any atom is 0.391 e. The summed E-state index contributed by atoms with van der Waals surface area (Å²) in [6.45, 7) is 7.19. The predicted molar refractivity (Wildman–Crippen MR) is 126 cm³/mol. The van der Waals surface area contributed by atoms with E-state index in [1.807, 2.05) is 13.0 Å². The van der Waals surface area contributed by atoms with Crippen LogP contribution in [0.2, 0.25) is 0 Å². The minimum Gasteiger partial charge on any atom is -0.481 e. The van der Waals surface area contributed by atoms with E-state index in [-0.39, 0.29) is 31.3 Å². The molecule has 0 amide bonds. The molecular weight excluding hydrogens is 461 g/mol. The molecule has 1 aliphatic heterocycles. The summed E-state index contributed by atoms with van der Waals surface area (Å²) in [5.74, 6) is -1.20. The molecule has 2 fully saturated rings. The summed E-state index contributed by atoms with van der Waals surface area (Å²) < 4.78 is 46.6. The first-order valence-corrected chi connectivity index (χ1v) is 12.4. The zero-order valence-corrected chi connectivity index (χ0v) is 20.9. The zero-order valence-electron chi connectivity index (χ0n) is 20.9. The molecule has 0 aromatic carbocycles. The molecule has 1 N–H and O–H groups in total. The van der Waals surface area contributed by atoms with Gasteiger partial charge in [0.1, 0.15) is 11.2 Å². The number of anilines is 1. The van der Waals surface area contributed by atoms with E-state index in [2.05, 4.69) is 18.7 Å². The number of carbonyl (C=O) groups is 1. The molecule has 2 aliphatic rings. The molecule has 2 aromatic heterocycles. The molecule has 1 atom stereocenters. The Morgan fingerprint density at radius 1 is 1.29 bits per heavy atom. The van der Waals surface area contributed by atoms with Crippen molar-refractivity contribution in [1.29, 1.82) is 0 Å². The zero-order chi connectivity index (χ0) is 25.5. The number of ether oxygens (including phenoxy) is 1. The van der Waals surface area contributed by atoms with Crippen molar-refractivity contribution in [3.05, 3.63) is 23.0 Å². The average Bonchev–Trinajstić information content (AvgIpc) is 3.21. The van der Waals surface area contributed by atoms with Gasteiger partial charge in [0.2, 0.25) is 0 Å². The lowest BCUT2D eigenvalue weighted by molar-refractivity contribution is -0.182. The van der Waals surface area contributed by atoms with Gasteiger partial charge in [0.15, 0.2) is 5.65 Å². The highest BCUT2D eigenvalue weighted by Crippen LogP contribution is 2.43. The first-order valence-electron chi connectivity index (χ1n) is 12.4. The van der Waals surface area contributed by atoms with Gasteiger partial charge in [-0.25, -0.2) is 4.98 Å². The van der Waals surface area contributed by atoms with Crippen LogP contribution in [0.5, 0.6) is 0 Å². The van der Waals surface area contributed by atoms with E-state index < -0.39 is 23.5 Å². The van der Waals surface area contributed by atoms with Crippen molar-refractivity contribution in [1.82, 2.24) is 14.6 Å². The lowest BCUT2D eigenvalue weighted by Gasteiger charge is -2.41. The van der Waals surface area contributed by atoms with Crippen molar-refractivity contribution in [2.75, 3.05) is 31.7 Å². The summed E-state index contributed by atoms with van der Waals surface area (Å²) in [4.78, 5) is 19.1. The third-order valence-corrected chi connectivity index (χ3v) is 7.76. The van der Waals surface area contributed by atoms with Gasteiger partial charge in [-0.05, 0) is 51.4 Å². The summed E-state index contributed by atoms with van der Waals surface area (Å²) in [7, 11) is 1.52. The monoisotopic (exact) mass is 496 g/mol. The standard InChI is InChI=1S/C25H35F3N4O3/c1-15(2)21-16(3)29-20-12-19(17-6-8-18(9-7-17)25(26,27)28)30-32(20)22(21)31-11-5-10-24(13-31,14-35-4)23(33)34/h12,15,17-18H,5-11,13-14H2,1-4H3,(H,33,34)/t17-,18-,24?. The Labute approximate surface area is 203 Å². The van der Waals surface area contributed by atoms with E-state index in [0.29, 0.717) is 44.4 Å². The highest BCUT2D eigenvalue weighted by atomic mass is 19.4. The molecule has 1 saturated carbocycles. The largest absolute Gasteiger partial charge is 0.481 e. The Kier molecular flexibility index (Phi) is 7.05. The van der Waals surface area contributed by atoms with Crippen LogP contribution in [0.4, 0.5) is 19.0 Å². The Morgan fingerprint density at radius 3 is 2.54 bits per heavy atom. The molecule has 1 aliphatic carbocycles. The smallest absolute Gasteiger partial charge is 0.391 e. The van der Waals surface area contributed by atoms with Crippen LogP contribution < -0.4 is 4.90 Å². The van der Waals surface area contributed by atoms with Gasteiger partial charge in [-0.2, -0.15) is 22.8 Å². The average molecular weight is 497 g/mol. The molecule has 0 bridgehead atoms. The number of aryl methyl sites for hydroxylation is 1. The summed E-state index contributed by atoms with van der Waals surface area (Å²) in [5, 5.41) is 14.9. The van der Waals surface area contributed by atoms with Gasteiger partial charge in [-0.15, -0.1) is 0 Å². The van der Waals surface area contributed by atoms with Crippen molar-refractivity contribution in [2.45, 2.75) is 77.3 Å². The second-order valence-electron chi connectivity index (χ2n) is 10.6. The van der Waals surface area contributed by atoms with Crippen LogP contribution in [0.3, 0.4) is 0 Å². The number of hydrogen-bond donors (Lipinski definition) is 1. The number of piperidine rings is 1. The predicted octanol–water partition coefficient (Wildman–Crippen LogP) is 5.31. The summed E-state index contributed by atoms with van der Waals surface area (Å²) in [6.07, 6.45) is -1.80. The molecule has 1 unspecified atom stereocenters. The highest BCUT2D eigenvalue weighted by Gasteiger charge is 2.44. The lowest BCUT2D eigenvalue weighted by Crippen LogP contribution is -2.51. The van der Waals surface area contributed by atoms with Crippen molar-refractivity contribution in [2.24, 2.45) is 11.3 Å². The van der Waals surface area contributed by atoms with Crippen molar-refractivity contribution in [3.8, 4) is 0 Å². The molecule has 2 aromatic rings. The van der Waals surface area contributed by atoms with Gasteiger partial charge in [-0.1, -0.05) is 13.8 Å². The summed E-state index contributed by atoms with van der Waals surface area (Å²) in [6, 6.07) is 1.89. The number of alkyl halides is 3. The van der Waals surface area contributed by atoms with Gasteiger partial charge < -0.3 is 14.7 Å². The number of fused-ring (bicyclic) bond motifs is 1. The fraction of sp³-hybridized carbons (Fsp3) is 0.720. The normalized spacial score (nSPS) is 26.0. The minimum absolute atomic E-state index is 0.0427. The van der Waals surface area contributed by atoms with Gasteiger partial charge >= 0.3 is 12.1 Å². The molecular formula is C25H35F3N4O3. The molecule has 3 heterocycles. The Morgan fingerprint density at radius 2 is 1.97 bits per heavy atom. The molecule has 4 rings (SSSR count). The third kappa shape index (κ3) is 4.86. The van der Waals surface area contributed by atoms with Crippen LogP contribution in [-0.4, -0.2) is 58.7 Å². The van der Waals surface area contributed by atoms with E-state index >= 15 is 0 Å². The number of rotatable bonds is 6. The molecule has 0 spiro atoms. The molecule has 0 radical (unpaired) electrons. The van der Waals surface area contributed by atoms with E-state index in [0.717, 1.165) is 22.8 Å². The summed E-state index contributed by atoms with van der Waals surface area (Å²) in [5.41, 5.74) is 2.25. The van der Waals surface area contributed by atoms with E-state index in [1.165, 1.54) is 7.11 Å². The van der Waals surface area contributed by atoms with Crippen LogP contribution in [0.25, 0.3) is 5.65 Å². The first-order chi connectivity index (χ1) is 16.5. The molecule has 7 nitrogen and oxygen atoms in total. The number of hydrogen-bond acceptors (Lipinski definition) is 5.